The molecule has 0 amide bonds. The van der Waals surface area contributed by atoms with E-state index in [2.05, 4.69) is 5.32 Å². The van der Waals surface area contributed by atoms with E-state index in [1.807, 2.05) is 37.3 Å². The molecule has 0 aliphatic heterocycles. The number of nitrogens with one attached hydrogen (secondary N) is 1. The van der Waals surface area contributed by atoms with Gasteiger partial charge in [0.15, 0.2) is 0 Å². The predicted octanol–water partition coefficient (Wildman–Crippen LogP) is 4.65. The van der Waals surface area contributed by atoms with Crippen LogP contribution in [0.1, 0.15) is 18.5 Å². The minimum absolute atomic E-state index is 0.00519. The number of hydrogen-bond donors (Lipinski definition) is 1. The summed E-state index contributed by atoms with van der Waals surface area (Å²) in [4.78, 5) is 0. The summed E-state index contributed by atoms with van der Waals surface area (Å²) in [5, 5.41) is 3.48. The second-order valence-electron chi connectivity index (χ2n) is 3.87. The molecule has 17 heavy (non-hydrogen) atoms. The van der Waals surface area contributed by atoms with Crippen LogP contribution in [0.3, 0.4) is 0 Å². The molecule has 3 heteroatoms. The zero-order chi connectivity index (χ0) is 12.3. The third-order valence-corrected chi connectivity index (χ3v) is 2.94. The molecule has 88 valence electrons. The Morgan fingerprint density at radius 1 is 1.06 bits per heavy atom. The first-order chi connectivity index (χ1) is 8.18. The molecular formula is C14H13ClFN. The zero-order valence-corrected chi connectivity index (χ0v) is 10.2. The minimum Gasteiger partial charge on any atom is -0.375 e. The summed E-state index contributed by atoms with van der Waals surface area (Å²) in [6, 6.07) is 14.5. The molecule has 0 spiro atoms. The number of benzene rings is 2. The van der Waals surface area contributed by atoms with Crippen LogP contribution in [-0.2, 0) is 0 Å². The molecule has 1 nitrogen and oxygen atoms in total. The lowest BCUT2D eigenvalue weighted by molar-refractivity contribution is 0.627. The fourth-order valence-electron chi connectivity index (χ4n) is 1.68. The van der Waals surface area contributed by atoms with Gasteiger partial charge in [-0.05, 0) is 24.6 Å². The molecule has 0 aromatic heterocycles. The molecule has 0 saturated heterocycles. The molecule has 0 bridgehead atoms. The van der Waals surface area contributed by atoms with Crippen molar-refractivity contribution in [2.75, 3.05) is 5.32 Å². The molecular weight excluding hydrogens is 237 g/mol. The number of anilines is 1. The van der Waals surface area contributed by atoms with Crippen LogP contribution in [-0.4, -0.2) is 0 Å². The van der Waals surface area contributed by atoms with Crippen LogP contribution in [0.15, 0.2) is 48.5 Å². The van der Waals surface area contributed by atoms with Crippen LogP contribution < -0.4 is 5.32 Å². The summed E-state index contributed by atoms with van der Waals surface area (Å²) in [6.07, 6.45) is 0. The molecule has 0 aliphatic carbocycles. The minimum atomic E-state index is -0.333. The van der Waals surface area contributed by atoms with Gasteiger partial charge in [-0.15, -0.1) is 0 Å². The van der Waals surface area contributed by atoms with E-state index in [9.17, 15) is 4.39 Å². The Morgan fingerprint density at radius 2 is 1.76 bits per heavy atom. The van der Waals surface area contributed by atoms with Gasteiger partial charge in [0.05, 0.1) is 10.7 Å². The Morgan fingerprint density at radius 3 is 2.41 bits per heavy atom. The Bertz CT molecular complexity index is 479. The summed E-state index contributed by atoms with van der Waals surface area (Å²) in [7, 11) is 0. The Balaban J connectivity index is 2.22. The van der Waals surface area contributed by atoms with Crippen molar-refractivity contribution in [3.8, 4) is 0 Å². The quantitative estimate of drug-likeness (QED) is 0.835. The first-order valence-corrected chi connectivity index (χ1v) is 5.82. The normalized spacial score (nSPS) is 12.2. The summed E-state index contributed by atoms with van der Waals surface area (Å²) in [6.45, 7) is 1.97. The predicted molar refractivity (Wildman–Crippen MR) is 69.9 cm³/mol. The summed E-state index contributed by atoms with van der Waals surface area (Å²) < 4.78 is 13.6. The number of halogens is 2. The fraction of sp³-hybridized carbons (Fsp3) is 0.143. The van der Waals surface area contributed by atoms with E-state index >= 15 is 0 Å². The topological polar surface area (TPSA) is 12.0 Å². The molecule has 2 rings (SSSR count). The van der Waals surface area contributed by atoms with E-state index < -0.39 is 0 Å². The summed E-state index contributed by atoms with van der Waals surface area (Å²) in [5.41, 5.74) is 1.44. The fourth-order valence-corrected chi connectivity index (χ4v) is 1.89. The first-order valence-electron chi connectivity index (χ1n) is 5.44. The van der Waals surface area contributed by atoms with Crippen LogP contribution in [0.5, 0.6) is 0 Å². The zero-order valence-electron chi connectivity index (χ0n) is 9.45. The molecule has 1 N–H and O–H groups in total. The molecule has 0 heterocycles. The van der Waals surface area contributed by atoms with E-state index in [1.165, 1.54) is 6.07 Å². The van der Waals surface area contributed by atoms with Crippen LogP contribution in [0.2, 0.25) is 5.02 Å². The van der Waals surface area contributed by atoms with Gasteiger partial charge in [-0.2, -0.15) is 0 Å². The average Bonchev–Trinajstić information content (AvgIpc) is 2.35. The van der Waals surface area contributed by atoms with Gasteiger partial charge in [-0.25, -0.2) is 4.39 Å². The smallest absolute Gasteiger partial charge is 0.147 e. The van der Waals surface area contributed by atoms with E-state index in [0.29, 0.717) is 10.7 Å². The third kappa shape index (κ3) is 2.77. The highest BCUT2D eigenvalue weighted by atomic mass is 35.5. The summed E-state index contributed by atoms with van der Waals surface area (Å²) in [5.74, 6) is -0.333. The van der Waals surface area contributed by atoms with E-state index in [4.69, 9.17) is 11.6 Å². The highest BCUT2D eigenvalue weighted by Crippen LogP contribution is 2.28. The maximum absolute atomic E-state index is 13.6. The van der Waals surface area contributed by atoms with Crippen molar-refractivity contribution in [1.29, 1.82) is 0 Å². The van der Waals surface area contributed by atoms with Crippen LogP contribution in [0.4, 0.5) is 10.1 Å². The van der Waals surface area contributed by atoms with Crippen molar-refractivity contribution in [2.24, 2.45) is 0 Å². The van der Waals surface area contributed by atoms with Gasteiger partial charge in [0.25, 0.3) is 0 Å². The lowest BCUT2D eigenvalue weighted by atomic mass is 10.1. The largest absolute Gasteiger partial charge is 0.375 e. The van der Waals surface area contributed by atoms with Crippen LogP contribution in [0.25, 0.3) is 0 Å². The van der Waals surface area contributed by atoms with Crippen molar-refractivity contribution in [3.63, 3.8) is 0 Å². The van der Waals surface area contributed by atoms with Crippen LogP contribution >= 0.6 is 11.6 Å². The molecule has 1 unspecified atom stereocenters. The molecule has 0 radical (unpaired) electrons. The molecule has 2 aromatic carbocycles. The Hall–Kier alpha value is -1.54. The van der Waals surface area contributed by atoms with Gasteiger partial charge in [0, 0.05) is 6.04 Å². The van der Waals surface area contributed by atoms with Crippen molar-refractivity contribution in [3.05, 3.63) is 64.9 Å². The lowest BCUT2D eigenvalue weighted by Crippen LogP contribution is -2.08. The van der Waals surface area contributed by atoms with E-state index in [0.717, 1.165) is 5.56 Å². The van der Waals surface area contributed by atoms with Gasteiger partial charge in [0.2, 0.25) is 0 Å². The Labute approximate surface area is 105 Å². The van der Waals surface area contributed by atoms with Crippen molar-refractivity contribution in [1.82, 2.24) is 0 Å². The second kappa shape index (κ2) is 5.19. The molecule has 1 atom stereocenters. The monoisotopic (exact) mass is 249 g/mol. The highest BCUT2D eigenvalue weighted by molar-refractivity contribution is 6.33. The van der Waals surface area contributed by atoms with Crippen molar-refractivity contribution < 1.29 is 4.39 Å². The average molecular weight is 250 g/mol. The number of para-hydroxylation sites is 1. The van der Waals surface area contributed by atoms with Crippen molar-refractivity contribution in [2.45, 2.75) is 13.0 Å². The first kappa shape index (κ1) is 11.9. The van der Waals surface area contributed by atoms with Gasteiger partial charge in [-0.1, -0.05) is 48.0 Å². The Kier molecular flexibility index (Phi) is 3.64. The van der Waals surface area contributed by atoms with E-state index in [1.54, 1.807) is 12.1 Å². The maximum atomic E-state index is 13.6. The standard InChI is InChI=1S/C14H13ClFN/c1-10(11-6-3-2-4-7-11)17-14-12(15)8-5-9-13(14)16/h2-10,17H,1H3. The molecule has 0 saturated carbocycles. The van der Waals surface area contributed by atoms with Crippen molar-refractivity contribution >= 4 is 17.3 Å². The van der Waals surface area contributed by atoms with E-state index in [-0.39, 0.29) is 11.9 Å². The summed E-state index contributed by atoms with van der Waals surface area (Å²) >= 11 is 5.96. The van der Waals surface area contributed by atoms with Gasteiger partial charge in [-0.3, -0.25) is 0 Å². The highest BCUT2D eigenvalue weighted by Gasteiger charge is 2.10. The SMILES string of the molecule is CC(Nc1c(F)cccc1Cl)c1ccccc1. The molecule has 0 aliphatic rings. The maximum Gasteiger partial charge on any atom is 0.147 e. The molecule has 0 fully saturated rings. The molecule has 2 aromatic rings. The van der Waals surface area contributed by atoms with Gasteiger partial charge < -0.3 is 5.32 Å². The van der Waals surface area contributed by atoms with Crippen LogP contribution in [0, 0.1) is 5.82 Å². The van der Waals surface area contributed by atoms with Gasteiger partial charge >= 0.3 is 0 Å². The van der Waals surface area contributed by atoms with Gasteiger partial charge in [0.1, 0.15) is 5.82 Å². The third-order valence-electron chi connectivity index (χ3n) is 2.62. The second-order valence-corrected chi connectivity index (χ2v) is 4.28. The number of rotatable bonds is 3. The lowest BCUT2D eigenvalue weighted by Gasteiger charge is -2.17. The number of hydrogen-bond acceptors (Lipinski definition) is 1.